The van der Waals surface area contributed by atoms with E-state index in [2.05, 4.69) is 70.1 Å². The number of H-pyrrole nitrogens is 1. The zero-order valence-electron chi connectivity index (χ0n) is 15.6. The van der Waals surface area contributed by atoms with Crippen LogP contribution in [0.5, 0.6) is 0 Å². The molecule has 0 spiro atoms. The quantitative estimate of drug-likeness (QED) is 0.734. The Kier molecular flexibility index (Phi) is 4.53. The van der Waals surface area contributed by atoms with Crippen molar-refractivity contribution in [3.8, 4) is 11.3 Å². The van der Waals surface area contributed by atoms with Crippen LogP contribution >= 0.6 is 11.3 Å². The SMILES string of the molecule is CC(C)(C)c1nnc(N2CCCC(c3ncc(-c4ccccc4)[nH]3)C2)s1. The summed E-state index contributed by atoms with van der Waals surface area (Å²) in [6.45, 7) is 8.54. The van der Waals surface area contributed by atoms with E-state index in [0.29, 0.717) is 5.92 Å². The zero-order chi connectivity index (χ0) is 18.1. The standard InChI is InChI=1S/C20H25N5S/c1-20(2,3)18-23-24-19(26-18)25-11-7-10-15(13-25)17-21-12-16(22-17)14-8-5-4-6-9-14/h4-6,8-9,12,15H,7,10-11,13H2,1-3H3,(H,21,22). The number of hydrogen-bond acceptors (Lipinski definition) is 5. The van der Waals surface area contributed by atoms with Crippen LogP contribution in [0, 0.1) is 0 Å². The summed E-state index contributed by atoms with van der Waals surface area (Å²) in [7, 11) is 0. The summed E-state index contributed by atoms with van der Waals surface area (Å²) in [5.41, 5.74) is 2.32. The number of rotatable bonds is 3. The summed E-state index contributed by atoms with van der Waals surface area (Å²) in [4.78, 5) is 10.6. The molecule has 0 bridgehead atoms. The van der Waals surface area contributed by atoms with Crippen molar-refractivity contribution in [2.45, 2.75) is 44.9 Å². The molecule has 0 aliphatic carbocycles. The van der Waals surface area contributed by atoms with Gasteiger partial charge in [-0.3, -0.25) is 0 Å². The summed E-state index contributed by atoms with van der Waals surface area (Å²) in [6, 6.07) is 10.4. The minimum Gasteiger partial charge on any atom is -0.346 e. The van der Waals surface area contributed by atoms with Crippen LogP contribution in [-0.4, -0.2) is 33.3 Å². The molecular formula is C20H25N5S. The molecule has 1 N–H and O–H groups in total. The molecule has 1 fully saturated rings. The lowest BCUT2D eigenvalue weighted by atomic mass is 9.98. The fourth-order valence-electron chi connectivity index (χ4n) is 3.33. The second-order valence-corrected chi connectivity index (χ2v) is 8.93. The van der Waals surface area contributed by atoms with Crippen molar-refractivity contribution < 1.29 is 0 Å². The maximum absolute atomic E-state index is 4.67. The maximum atomic E-state index is 4.67. The second kappa shape index (κ2) is 6.83. The fraction of sp³-hybridized carbons (Fsp3) is 0.450. The molecule has 6 heteroatoms. The van der Waals surface area contributed by atoms with E-state index in [1.165, 1.54) is 5.56 Å². The topological polar surface area (TPSA) is 57.7 Å². The first kappa shape index (κ1) is 17.2. The Bertz CT molecular complexity index is 862. The third-order valence-electron chi connectivity index (χ3n) is 4.81. The first-order valence-electron chi connectivity index (χ1n) is 9.20. The molecule has 5 nitrogen and oxygen atoms in total. The lowest BCUT2D eigenvalue weighted by Crippen LogP contribution is -2.34. The van der Waals surface area contributed by atoms with E-state index >= 15 is 0 Å². The van der Waals surface area contributed by atoms with E-state index in [-0.39, 0.29) is 5.41 Å². The van der Waals surface area contributed by atoms with E-state index in [4.69, 9.17) is 0 Å². The van der Waals surface area contributed by atoms with Gasteiger partial charge in [0.1, 0.15) is 10.8 Å². The molecule has 0 amide bonds. The fourth-order valence-corrected chi connectivity index (χ4v) is 4.27. The van der Waals surface area contributed by atoms with Crippen molar-refractivity contribution in [1.82, 2.24) is 20.2 Å². The molecule has 0 saturated carbocycles. The summed E-state index contributed by atoms with van der Waals surface area (Å²) >= 11 is 1.72. The number of nitrogens with zero attached hydrogens (tertiary/aromatic N) is 4. The molecular weight excluding hydrogens is 342 g/mol. The van der Waals surface area contributed by atoms with Crippen LogP contribution in [0.4, 0.5) is 5.13 Å². The van der Waals surface area contributed by atoms with Crippen LogP contribution in [0.15, 0.2) is 36.5 Å². The van der Waals surface area contributed by atoms with E-state index in [0.717, 1.165) is 47.6 Å². The molecule has 0 radical (unpaired) electrons. The van der Waals surface area contributed by atoms with Gasteiger partial charge in [0.25, 0.3) is 0 Å². The highest BCUT2D eigenvalue weighted by atomic mass is 32.1. The molecule has 136 valence electrons. The van der Waals surface area contributed by atoms with Gasteiger partial charge in [0, 0.05) is 24.4 Å². The zero-order valence-corrected chi connectivity index (χ0v) is 16.4. The molecule has 3 aromatic rings. The van der Waals surface area contributed by atoms with Gasteiger partial charge in [-0.05, 0) is 18.4 Å². The predicted molar refractivity (Wildman–Crippen MR) is 107 cm³/mol. The molecule has 1 aliphatic heterocycles. The van der Waals surface area contributed by atoms with Gasteiger partial charge in [0.15, 0.2) is 0 Å². The Balaban J connectivity index is 1.51. The van der Waals surface area contributed by atoms with Gasteiger partial charge in [-0.1, -0.05) is 62.4 Å². The molecule has 1 atom stereocenters. The average molecular weight is 368 g/mol. The van der Waals surface area contributed by atoms with Crippen molar-refractivity contribution >= 4 is 16.5 Å². The van der Waals surface area contributed by atoms with E-state index in [1.54, 1.807) is 11.3 Å². The minimum absolute atomic E-state index is 0.0523. The Labute approximate surface area is 158 Å². The van der Waals surface area contributed by atoms with Crippen LogP contribution < -0.4 is 4.90 Å². The number of anilines is 1. The number of hydrogen-bond donors (Lipinski definition) is 1. The first-order valence-corrected chi connectivity index (χ1v) is 10.0. The van der Waals surface area contributed by atoms with Gasteiger partial charge in [-0.15, -0.1) is 10.2 Å². The van der Waals surface area contributed by atoms with Crippen LogP contribution in [-0.2, 0) is 5.41 Å². The lowest BCUT2D eigenvalue weighted by Gasteiger charge is -2.31. The van der Waals surface area contributed by atoms with Crippen LogP contribution in [0.25, 0.3) is 11.3 Å². The van der Waals surface area contributed by atoms with Gasteiger partial charge in [-0.25, -0.2) is 4.98 Å². The number of aromatic amines is 1. The molecule has 2 aromatic heterocycles. The largest absolute Gasteiger partial charge is 0.346 e. The molecule has 3 heterocycles. The third kappa shape index (κ3) is 3.51. The average Bonchev–Trinajstić information content (AvgIpc) is 3.32. The summed E-state index contributed by atoms with van der Waals surface area (Å²) in [5.74, 6) is 1.48. The highest BCUT2D eigenvalue weighted by molar-refractivity contribution is 7.15. The van der Waals surface area contributed by atoms with Crippen LogP contribution in [0.2, 0.25) is 0 Å². The highest BCUT2D eigenvalue weighted by Crippen LogP contribution is 2.34. The van der Waals surface area contributed by atoms with E-state index in [9.17, 15) is 0 Å². The highest BCUT2D eigenvalue weighted by Gasteiger charge is 2.27. The Morgan fingerprint density at radius 3 is 2.69 bits per heavy atom. The monoisotopic (exact) mass is 367 g/mol. The summed E-state index contributed by atoms with van der Waals surface area (Å²) in [5, 5.41) is 11.0. The van der Waals surface area contributed by atoms with Crippen molar-refractivity contribution in [2.75, 3.05) is 18.0 Å². The van der Waals surface area contributed by atoms with Gasteiger partial charge in [0.2, 0.25) is 5.13 Å². The van der Waals surface area contributed by atoms with Crippen LogP contribution in [0.1, 0.15) is 50.4 Å². The number of piperidine rings is 1. The summed E-state index contributed by atoms with van der Waals surface area (Å²) in [6.07, 6.45) is 4.26. The lowest BCUT2D eigenvalue weighted by molar-refractivity contribution is 0.493. The van der Waals surface area contributed by atoms with Crippen molar-refractivity contribution in [3.05, 3.63) is 47.4 Å². The Morgan fingerprint density at radius 2 is 1.96 bits per heavy atom. The normalized spacial score (nSPS) is 18.3. The van der Waals surface area contributed by atoms with Crippen molar-refractivity contribution in [1.29, 1.82) is 0 Å². The van der Waals surface area contributed by atoms with Crippen molar-refractivity contribution in [2.24, 2.45) is 0 Å². The number of aromatic nitrogens is 4. The smallest absolute Gasteiger partial charge is 0.208 e. The Morgan fingerprint density at radius 1 is 1.15 bits per heavy atom. The number of nitrogens with one attached hydrogen (secondary N) is 1. The molecule has 1 aliphatic rings. The minimum atomic E-state index is 0.0523. The molecule has 4 rings (SSSR count). The van der Waals surface area contributed by atoms with Crippen LogP contribution in [0.3, 0.4) is 0 Å². The first-order chi connectivity index (χ1) is 12.5. The molecule has 1 saturated heterocycles. The van der Waals surface area contributed by atoms with Crippen molar-refractivity contribution in [3.63, 3.8) is 0 Å². The Hall–Kier alpha value is -2.21. The van der Waals surface area contributed by atoms with Gasteiger partial charge in [-0.2, -0.15) is 0 Å². The van der Waals surface area contributed by atoms with Gasteiger partial charge < -0.3 is 9.88 Å². The molecule has 1 unspecified atom stereocenters. The molecule has 26 heavy (non-hydrogen) atoms. The predicted octanol–water partition coefficient (Wildman–Crippen LogP) is 4.61. The van der Waals surface area contributed by atoms with Gasteiger partial charge >= 0.3 is 0 Å². The molecule has 1 aromatic carbocycles. The van der Waals surface area contributed by atoms with E-state index < -0.39 is 0 Å². The maximum Gasteiger partial charge on any atom is 0.208 e. The van der Waals surface area contributed by atoms with E-state index in [1.807, 2.05) is 12.3 Å². The number of benzene rings is 1. The summed E-state index contributed by atoms with van der Waals surface area (Å²) < 4.78 is 0. The third-order valence-corrected chi connectivity index (χ3v) is 6.22. The number of imidazole rings is 1. The second-order valence-electron chi connectivity index (χ2n) is 7.97. The van der Waals surface area contributed by atoms with Gasteiger partial charge in [0.05, 0.1) is 11.9 Å².